The molecule has 2 aromatic rings. The zero-order valence-electron chi connectivity index (χ0n) is 12.7. The molecule has 0 aromatic carbocycles. The van der Waals surface area contributed by atoms with E-state index in [-0.39, 0.29) is 6.10 Å². The minimum absolute atomic E-state index is 0.0601. The van der Waals surface area contributed by atoms with Crippen molar-refractivity contribution in [1.82, 2.24) is 19.1 Å². The Morgan fingerprint density at radius 2 is 2.33 bits per heavy atom. The van der Waals surface area contributed by atoms with Gasteiger partial charge in [-0.2, -0.15) is 9.47 Å². The number of morpholine rings is 1. The van der Waals surface area contributed by atoms with Gasteiger partial charge in [0.15, 0.2) is 0 Å². The Labute approximate surface area is 128 Å². The van der Waals surface area contributed by atoms with Gasteiger partial charge in [-0.3, -0.25) is 4.68 Å². The van der Waals surface area contributed by atoms with Crippen molar-refractivity contribution >= 4 is 16.7 Å². The quantitative estimate of drug-likeness (QED) is 0.865. The zero-order chi connectivity index (χ0) is 14.8. The van der Waals surface area contributed by atoms with Crippen molar-refractivity contribution in [2.24, 2.45) is 13.0 Å². The van der Waals surface area contributed by atoms with E-state index in [0.29, 0.717) is 12.5 Å². The first-order valence-electron chi connectivity index (χ1n) is 7.29. The van der Waals surface area contributed by atoms with Crippen molar-refractivity contribution in [2.45, 2.75) is 26.4 Å². The zero-order valence-corrected chi connectivity index (χ0v) is 13.5. The molecule has 0 saturated carbocycles. The summed E-state index contributed by atoms with van der Waals surface area (Å²) in [5.74, 6) is 1.54. The van der Waals surface area contributed by atoms with Crippen LogP contribution in [0.15, 0.2) is 12.4 Å². The van der Waals surface area contributed by atoms with Gasteiger partial charge in [-0.25, -0.2) is 4.98 Å². The Morgan fingerprint density at radius 1 is 1.48 bits per heavy atom. The van der Waals surface area contributed by atoms with Crippen molar-refractivity contribution in [2.75, 3.05) is 24.6 Å². The van der Waals surface area contributed by atoms with Crippen molar-refractivity contribution in [1.29, 1.82) is 0 Å². The van der Waals surface area contributed by atoms with Crippen LogP contribution in [0.5, 0.6) is 0 Å². The van der Waals surface area contributed by atoms with Gasteiger partial charge in [0.2, 0.25) is 5.13 Å². The highest BCUT2D eigenvalue weighted by Crippen LogP contribution is 2.27. The van der Waals surface area contributed by atoms with Gasteiger partial charge >= 0.3 is 0 Å². The number of anilines is 1. The summed E-state index contributed by atoms with van der Waals surface area (Å²) in [4.78, 5) is 6.93. The topological polar surface area (TPSA) is 56.1 Å². The van der Waals surface area contributed by atoms with Crippen molar-refractivity contribution in [3.8, 4) is 0 Å². The van der Waals surface area contributed by atoms with E-state index in [2.05, 4.69) is 33.2 Å². The highest BCUT2D eigenvalue weighted by molar-refractivity contribution is 7.09. The molecule has 3 rings (SSSR count). The second-order valence-corrected chi connectivity index (χ2v) is 6.57. The summed E-state index contributed by atoms with van der Waals surface area (Å²) in [6, 6.07) is 0. The molecule has 1 aliphatic heterocycles. The summed E-state index contributed by atoms with van der Waals surface area (Å²) in [6.45, 7) is 6.76. The second kappa shape index (κ2) is 6.11. The van der Waals surface area contributed by atoms with Crippen molar-refractivity contribution < 1.29 is 4.74 Å². The molecular formula is C14H21N5OS. The fraction of sp³-hybridized carbons (Fsp3) is 0.643. The molecule has 1 fully saturated rings. The molecule has 0 aliphatic carbocycles. The van der Waals surface area contributed by atoms with Gasteiger partial charge in [-0.05, 0) is 5.92 Å². The Morgan fingerprint density at radius 3 is 3.05 bits per heavy atom. The molecule has 3 heterocycles. The number of aromatic nitrogens is 4. The monoisotopic (exact) mass is 307 g/mol. The highest BCUT2D eigenvalue weighted by Gasteiger charge is 2.25. The van der Waals surface area contributed by atoms with Gasteiger partial charge in [-0.1, -0.05) is 13.8 Å². The Balaban J connectivity index is 1.69. The van der Waals surface area contributed by atoms with Gasteiger partial charge < -0.3 is 9.64 Å². The predicted octanol–water partition coefficient (Wildman–Crippen LogP) is 2.05. The second-order valence-electron chi connectivity index (χ2n) is 5.84. The van der Waals surface area contributed by atoms with Crippen molar-refractivity contribution in [3.63, 3.8) is 0 Å². The van der Waals surface area contributed by atoms with Gasteiger partial charge in [0, 0.05) is 43.3 Å². The lowest BCUT2D eigenvalue weighted by Crippen LogP contribution is -2.38. The van der Waals surface area contributed by atoms with E-state index in [4.69, 9.17) is 4.74 Å². The molecule has 1 unspecified atom stereocenters. The van der Waals surface area contributed by atoms with Gasteiger partial charge in [-0.15, -0.1) is 0 Å². The molecule has 2 aromatic heterocycles. The fourth-order valence-corrected chi connectivity index (χ4v) is 3.18. The summed E-state index contributed by atoms with van der Waals surface area (Å²) < 4.78 is 12.1. The van der Waals surface area contributed by atoms with Gasteiger partial charge in [0.25, 0.3) is 0 Å². The van der Waals surface area contributed by atoms with Gasteiger partial charge in [0.05, 0.1) is 19.3 Å². The molecule has 7 heteroatoms. The van der Waals surface area contributed by atoms with E-state index in [1.165, 1.54) is 11.5 Å². The summed E-state index contributed by atoms with van der Waals surface area (Å²) in [7, 11) is 1.92. The maximum Gasteiger partial charge on any atom is 0.205 e. The Kier molecular flexibility index (Phi) is 4.21. The van der Waals surface area contributed by atoms with E-state index in [1.807, 2.05) is 24.1 Å². The minimum atomic E-state index is 0.0601. The summed E-state index contributed by atoms with van der Waals surface area (Å²) in [6.07, 6.45) is 4.88. The van der Waals surface area contributed by atoms with Crippen LogP contribution >= 0.6 is 11.5 Å². The number of hydrogen-bond acceptors (Lipinski definition) is 6. The van der Waals surface area contributed by atoms with Crippen LogP contribution in [0.25, 0.3) is 0 Å². The molecular weight excluding hydrogens is 286 g/mol. The minimum Gasteiger partial charge on any atom is -0.370 e. The van der Waals surface area contributed by atoms with E-state index < -0.39 is 0 Å². The molecule has 1 saturated heterocycles. The molecule has 6 nitrogen and oxygen atoms in total. The number of rotatable bonds is 4. The van der Waals surface area contributed by atoms with E-state index in [9.17, 15) is 0 Å². The molecule has 114 valence electrons. The smallest absolute Gasteiger partial charge is 0.205 e. The fourth-order valence-electron chi connectivity index (χ4n) is 2.45. The standard InChI is InChI=1S/C14H21N5OS/c1-10(2)6-13-16-14(21-17-13)19-4-5-20-12(9-19)11-7-15-18(3)8-11/h7-8,10,12H,4-6,9H2,1-3H3. The van der Waals surface area contributed by atoms with E-state index in [0.717, 1.165) is 36.0 Å². The normalized spacial score (nSPS) is 19.4. The van der Waals surface area contributed by atoms with Crippen LogP contribution in [0.4, 0.5) is 5.13 Å². The molecule has 0 radical (unpaired) electrons. The molecule has 21 heavy (non-hydrogen) atoms. The van der Waals surface area contributed by atoms with Gasteiger partial charge in [0.1, 0.15) is 11.9 Å². The maximum atomic E-state index is 5.86. The predicted molar refractivity (Wildman–Crippen MR) is 82.6 cm³/mol. The first kappa shape index (κ1) is 14.5. The number of nitrogens with zero attached hydrogens (tertiary/aromatic N) is 5. The average molecular weight is 307 g/mol. The van der Waals surface area contributed by atoms with E-state index >= 15 is 0 Å². The first-order chi connectivity index (χ1) is 10.1. The molecule has 1 aliphatic rings. The molecule has 0 spiro atoms. The molecule has 1 atom stereocenters. The molecule has 0 amide bonds. The van der Waals surface area contributed by atoms with Crippen LogP contribution in [-0.2, 0) is 18.2 Å². The lowest BCUT2D eigenvalue weighted by atomic mass is 10.1. The Bertz CT molecular complexity index is 594. The first-order valence-corrected chi connectivity index (χ1v) is 8.07. The van der Waals surface area contributed by atoms with Crippen LogP contribution in [0.2, 0.25) is 0 Å². The summed E-state index contributed by atoms with van der Waals surface area (Å²) in [5.41, 5.74) is 1.12. The third kappa shape index (κ3) is 3.41. The highest BCUT2D eigenvalue weighted by atomic mass is 32.1. The SMILES string of the molecule is CC(C)Cc1nsc(N2CCOC(c3cnn(C)c3)C2)n1. The number of ether oxygens (including phenoxy) is 1. The average Bonchev–Trinajstić information content (AvgIpc) is 3.07. The Hall–Kier alpha value is -1.47. The maximum absolute atomic E-state index is 5.86. The molecule has 0 bridgehead atoms. The lowest BCUT2D eigenvalue weighted by Gasteiger charge is -2.31. The van der Waals surface area contributed by atoms with E-state index in [1.54, 1.807) is 0 Å². The number of aryl methyl sites for hydroxylation is 1. The summed E-state index contributed by atoms with van der Waals surface area (Å²) >= 11 is 1.49. The molecule has 0 N–H and O–H groups in total. The van der Waals surface area contributed by atoms with Crippen LogP contribution in [0.1, 0.15) is 31.3 Å². The third-order valence-electron chi connectivity index (χ3n) is 3.48. The third-order valence-corrected chi connectivity index (χ3v) is 4.30. The lowest BCUT2D eigenvalue weighted by molar-refractivity contribution is 0.0397. The van der Waals surface area contributed by atoms with Crippen molar-refractivity contribution in [3.05, 3.63) is 23.8 Å². The summed E-state index contributed by atoms with van der Waals surface area (Å²) in [5, 5.41) is 5.22. The largest absolute Gasteiger partial charge is 0.370 e. The van der Waals surface area contributed by atoms with Crippen LogP contribution < -0.4 is 4.90 Å². The van der Waals surface area contributed by atoms with Crippen LogP contribution in [0, 0.1) is 5.92 Å². The number of hydrogen-bond donors (Lipinski definition) is 0. The van der Waals surface area contributed by atoms with Crippen LogP contribution in [0.3, 0.4) is 0 Å². The van der Waals surface area contributed by atoms with Crippen LogP contribution in [-0.4, -0.2) is 38.8 Å².